The highest BCUT2D eigenvalue weighted by molar-refractivity contribution is 7.80. The van der Waals surface area contributed by atoms with Crippen LogP contribution in [0.3, 0.4) is 0 Å². The Bertz CT molecular complexity index is 1040. The number of unbranched alkanes of at least 4 members (excludes halogenated alkanes) is 3. The monoisotopic (exact) mass is 670 g/mol. The van der Waals surface area contributed by atoms with E-state index in [0.29, 0.717) is 11.8 Å². The van der Waals surface area contributed by atoms with Gasteiger partial charge < -0.3 is 4.74 Å². The molecule has 3 heteroatoms. The normalized spacial score (nSPS) is 21.1. The molecule has 0 bridgehead atoms. The zero-order valence-corrected chi connectivity index (χ0v) is 33.1. The number of hydrogen-bond acceptors (Lipinski definition) is 2. The van der Waals surface area contributed by atoms with E-state index in [-0.39, 0.29) is 0 Å². The van der Waals surface area contributed by atoms with Crippen molar-refractivity contribution in [3.05, 3.63) is 69.9 Å². The third-order valence-electron chi connectivity index (χ3n) is 9.43. The van der Waals surface area contributed by atoms with Gasteiger partial charge in [0.15, 0.2) is 0 Å². The second-order valence-corrected chi connectivity index (χ2v) is 15.5. The summed E-state index contributed by atoms with van der Waals surface area (Å²) in [6, 6.07) is 0. The van der Waals surface area contributed by atoms with Gasteiger partial charge >= 0.3 is 0 Å². The van der Waals surface area contributed by atoms with Crippen molar-refractivity contribution in [3.8, 4) is 0 Å². The maximum atomic E-state index is 6.17. The van der Waals surface area contributed by atoms with Crippen molar-refractivity contribution in [1.82, 2.24) is 0 Å². The van der Waals surface area contributed by atoms with Crippen LogP contribution in [0.2, 0.25) is 0 Å². The molecule has 2 fully saturated rings. The number of allylic oxidation sites excluding steroid dienone is 11. The van der Waals surface area contributed by atoms with Gasteiger partial charge in [0.25, 0.3) is 0 Å². The van der Waals surface area contributed by atoms with Gasteiger partial charge in [0.2, 0.25) is 0 Å². The quantitative estimate of drug-likeness (QED) is 0.0918. The minimum atomic E-state index is 0.468. The third kappa shape index (κ3) is 19.6. The zero-order chi connectivity index (χ0) is 34.5. The molecular formula is C43H71ClOS. The van der Waals surface area contributed by atoms with Crippen LogP contribution in [0.4, 0.5) is 0 Å². The van der Waals surface area contributed by atoms with E-state index in [1.165, 1.54) is 80.1 Å². The molecule has 0 amide bonds. The summed E-state index contributed by atoms with van der Waals surface area (Å²) >= 11 is 10.9. The van der Waals surface area contributed by atoms with Crippen LogP contribution in [0, 0.1) is 29.6 Å². The molecule has 0 aromatic rings. The van der Waals surface area contributed by atoms with Gasteiger partial charge in [-0.15, -0.1) is 0 Å². The molecule has 3 unspecified atom stereocenters. The molecule has 4 rings (SSSR count). The molecule has 4 aliphatic rings. The third-order valence-corrected chi connectivity index (χ3v) is 9.97. The fourth-order valence-corrected chi connectivity index (χ4v) is 6.06. The Morgan fingerprint density at radius 2 is 1.63 bits per heavy atom. The van der Waals surface area contributed by atoms with Crippen LogP contribution in [-0.2, 0) is 4.74 Å². The number of thiocarbonyl (C=S) groups is 1. The van der Waals surface area contributed by atoms with Gasteiger partial charge in [-0.05, 0) is 130 Å². The van der Waals surface area contributed by atoms with Crippen molar-refractivity contribution in [2.75, 3.05) is 13.2 Å². The molecule has 2 saturated carbocycles. The molecule has 0 radical (unpaired) electrons. The molecule has 0 saturated heterocycles. The number of halogens is 1. The Morgan fingerprint density at radius 1 is 1.00 bits per heavy atom. The predicted octanol–water partition coefficient (Wildman–Crippen LogP) is 14.5. The van der Waals surface area contributed by atoms with E-state index in [2.05, 4.69) is 92.3 Å². The summed E-state index contributed by atoms with van der Waals surface area (Å²) in [6.45, 7) is 25.4. The van der Waals surface area contributed by atoms with Crippen LogP contribution >= 0.6 is 23.8 Å². The Kier molecular flexibility index (Phi) is 23.1. The first-order chi connectivity index (χ1) is 22.0. The van der Waals surface area contributed by atoms with Crippen molar-refractivity contribution in [3.63, 3.8) is 0 Å². The lowest BCUT2D eigenvalue weighted by Gasteiger charge is -2.23. The maximum Gasteiger partial charge on any atom is 0.0463 e. The molecule has 0 aromatic heterocycles. The summed E-state index contributed by atoms with van der Waals surface area (Å²) in [5, 5.41) is 0.869. The first kappa shape index (κ1) is 42.8. The Balaban J connectivity index is 0.000000405. The fraction of sp³-hybridized carbons (Fsp3) is 0.698. The summed E-state index contributed by atoms with van der Waals surface area (Å²) in [5.41, 5.74) is 7.02. The number of hydrogen-bond donors (Lipinski definition) is 0. The summed E-state index contributed by atoms with van der Waals surface area (Å²) in [5.74, 6) is 4.31. The average molecular weight is 672 g/mol. The average Bonchev–Trinajstić information content (AvgIpc) is 3.96. The minimum Gasteiger partial charge on any atom is -0.381 e. The lowest BCUT2D eigenvalue weighted by molar-refractivity contribution is 0.135. The first-order valence-electron chi connectivity index (χ1n) is 18.9. The number of ether oxygens (including phenoxy) is 1. The molecule has 0 aliphatic heterocycles. The van der Waals surface area contributed by atoms with Crippen LogP contribution in [0.1, 0.15) is 152 Å². The predicted molar refractivity (Wildman–Crippen MR) is 212 cm³/mol. The Morgan fingerprint density at radius 3 is 2.11 bits per heavy atom. The van der Waals surface area contributed by atoms with Gasteiger partial charge in [0.05, 0.1) is 0 Å². The highest BCUT2D eigenvalue weighted by atomic mass is 35.5. The van der Waals surface area contributed by atoms with Gasteiger partial charge in [-0.25, -0.2) is 0 Å². The van der Waals surface area contributed by atoms with Crippen molar-refractivity contribution < 1.29 is 4.74 Å². The van der Waals surface area contributed by atoms with Gasteiger partial charge in [0, 0.05) is 24.2 Å². The molecule has 1 nitrogen and oxygen atoms in total. The van der Waals surface area contributed by atoms with Crippen LogP contribution in [-0.4, -0.2) is 18.1 Å². The second kappa shape index (κ2) is 24.9. The van der Waals surface area contributed by atoms with E-state index < -0.39 is 0 Å². The van der Waals surface area contributed by atoms with Crippen molar-refractivity contribution in [2.24, 2.45) is 29.6 Å². The smallest absolute Gasteiger partial charge is 0.0463 e. The lowest BCUT2D eigenvalue weighted by atomic mass is 9.82. The highest BCUT2D eigenvalue weighted by Crippen LogP contribution is 2.44. The minimum absolute atomic E-state index is 0.468. The second-order valence-electron chi connectivity index (χ2n) is 14.3. The molecule has 262 valence electrons. The standard InChI is InChI=1S/C24H33Cl.C9H16.C6H14O.C4H8S/c1-6-7-8-9-10-20-15-22(16-21(20)13-18(4)17(2)3)24-12-11-23(25)14-19(24)5;1-7(9-4-5-9)6-8-2-3-8;1-3-5-7-6-4-2;1-3-4(2)5/h11-15,19,24H,2,6-10,16H2,1,3-5H3;7-9H,2-6H2,1H3;3-6H2,1-2H3;3H2,1-2H3/b18-13+;;;. The van der Waals surface area contributed by atoms with E-state index >= 15 is 0 Å². The largest absolute Gasteiger partial charge is 0.381 e. The first-order valence-corrected chi connectivity index (χ1v) is 19.6. The van der Waals surface area contributed by atoms with Crippen molar-refractivity contribution in [2.45, 2.75) is 152 Å². The summed E-state index contributed by atoms with van der Waals surface area (Å²) in [6.07, 6.45) is 29.9. The van der Waals surface area contributed by atoms with Gasteiger partial charge in [0.1, 0.15) is 0 Å². The topological polar surface area (TPSA) is 9.23 Å². The van der Waals surface area contributed by atoms with Crippen LogP contribution in [0.5, 0.6) is 0 Å². The fourth-order valence-electron chi connectivity index (χ4n) is 5.79. The number of rotatable bonds is 16. The summed E-state index contributed by atoms with van der Waals surface area (Å²) < 4.78 is 5.13. The molecular weight excluding hydrogens is 600 g/mol. The molecule has 0 aromatic carbocycles. The van der Waals surface area contributed by atoms with E-state index in [4.69, 9.17) is 28.6 Å². The Hall–Kier alpha value is -1.22. The lowest BCUT2D eigenvalue weighted by Crippen LogP contribution is -2.12. The molecule has 4 aliphatic carbocycles. The molecule has 3 atom stereocenters. The van der Waals surface area contributed by atoms with Crippen molar-refractivity contribution in [1.29, 1.82) is 0 Å². The molecule has 46 heavy (non-hydrogen) atoms. The SMILES string of the molecule is C=C(C)/C(C)=C/C1=C(CCCCCC)C=C(C2C=CC(Cl)=CC2C)C1.CC(CC1CC1)C1CC1.CCC(C)=S.CCCOCCC. The zero-order valence-electron chi connectivity index (χ0n) is 31.5. The molecule has 0 N–H and O–H groups in total. The van der Waals surface area contributed by atoms with Gasteiger partial charge in [-0.3, -0.25) is 0 Å². The Labute approximate surface area is 297 Å². The van der Waals surface area contributed by atoms with E-state index in [0.717, 1.165) is 72.1 Å². The van der Waals surface area contributed by atoms with Crippen LogP contribution < -0.4 is 0 Å². The molecule has 0 heterocycles. The maximum absolute atomic E-state index is 6.17. The van der Waals surface area contributed by atoms with Crippen LogP contribution in [0.25, 0.3) is 0 Å². The van der Waals surface area contributed by atoms with Crippen LogP contribution in [0.15, 0.2) is 69.9 Å². The van der Waals surface area contributed by atoms with Gasteiger partial charge in [-0.2, -0.15) is 0 Å². The van der Waals surface area contributed by atoms with E-state index in [1.807, 2.05) is 6.92 Å². The van der Waals surface area contributed by atoms with Gasteiger partial charge in [-0.1, -0.05) is 139 Å². The van der Waals surface area contributed by atoms with E-state index in [1.54, 1.807) is 6.42 Å². The summed E-state index contributed by atoms with van der Waals surface area (Å²) in [4.78, 5) is 1.09. The highest BCUT2D eigenvalue weighted by Gasteiger charge is 2.32. The summed E-state index contributed by atoms with van der Waals surface area (Å²) in [7, 11) is 0. The van der Waals surface area contributed by atoms with E-state index in [9.17, 15) is 0 Å². The van der Waals surface area contributed by atoms with Crippen molar-refractivity contribution >= 4 is 28.7 Å². The molecule has 0 spiro atoms.